The van der Waals surface area contributed by atoms with E-state index in [2.05, 4.69) is 112 Å². The Labute approximate surface area is 415 Å². The van der Waals surface area contributed by atoms with Gasteiger partial charge in [-0.25, -0.2) is 4.79 Å². The van der Waals surface area contributed by atoms with E-state index in [1.54, 1.807) is 0 Å². The van der Waals surface area contributed by atoms with Crippen molar-refractivity contribution in [3.8, 4) is 0 Å². The summed E-state index contributed by atoms with van der Waals surface area (Å²) in [5.41, 5.74) is 0. The van der Waals surface area contributed by atoms with E-state index < -0.39 is 67.3 Å². The molecule has 0 aromatic carbocycles. The quantitative estimate of drug-likeness (QED) is 0.0229. The monoisotopic (exact) mass is 965 g/mol. The van der Waals surface area contributed by atoms with Gasteiger partial charge in [-0.15, -0.1) is 0 Å². The number of carbonyl (C=O) groups excluding carboxylic acids is 3. The average Bonchev–Trinajstić information content (AvgIpc) is 3.33. The summed E-state index contributed by atoms with van der Waals surface area (Å²) < 4.78 is 28.1. The number of ether oxygens (including phenoxy) is 5. The first-order chi connectivity index (χ1) is 33.6. The molecule has 0 aliphatic carbocycles. The van der Waals surface area contributed by atoms with E-state index >= 15 is 0 Å². The summed E-state index contributed by atoms with van der Waals surface area (Å²) in [7, 11) is 0. The molecule has 69 heavy (non-hydrogen) atoms. The molecule has 1 saturated heterocycles. The summed E-state index contributed by atoms with van der Waals surface area (Å²) in [6.45, 7) is 5.57. The van der Waals surface area contributed by atoms with Gasteiger partial charge in [-0.1, -0.05) is 162 Å². The van der Waals surface area contributed by atoms with Gasteiger partial charge in [0, 0.05) is 19.3 Å². The lowest BCUT2D eigenvalue weighted by atomic mass is 9.98. The average molecular weight is 965 g/mol. The smallest absolute Gasteiger partial charge is 0.335 e. The Morgan fingerprint density at radius 1 is 0.493 bits per heavy atom. The number of esters is 3. The molecule has 6 unspecified atom stereocenters. The second-order valence-corrected chi connectivity index (χ2v) is 17.0. The highest BCUT2D eigenvalue weighted by Crippen LogP contribution is 2.26. The minimum Gasteiger partial charge on any atom is -0.479 e. The molecule has 1 aliphatic rings. The molecule has 0 aromatic rings. The van der Waals surface area contributed by atoms with Gasteiger partial charge < -0.3 is 39.0 Å². The first-order valence-electron chi connectivity index (χ1n) is 25.9. The Kier molecular flexibility index (Phi) is 40.3. The van der Waals surface area contributed by atoms with E-state index in [0.717, 1.165) is 96.3 Å². The summed E-state index contributed by atoms with van der Waals surface area (Å²) in [6.07, 6.45) is 46.8. The van der Waals surface area contributed by atoms with Crippen molar-refractivity contribution in [2.45, 2.75) is 212 Å². The van der Waals surface area contributed by atoms with E-state index in [1.165, 1.54) is 12.8 Å². The highest BCUT2D eigenvalue weighted by atomic mass is 16.7. The zero-order valence-electron chi connectivity index (χ0n) is 42.3. The number of unbranched alkanes of at least 4 members (excludes halogenated alkanes) is 9. The van der Waals surface area contributed by atoms with Gasteiger partial charge in [-0.2, -0.15) is 0 Å². The highest BCUT2D eigenvalue weighted by Gasteiger charge is 2.50. The van der Waals surface area contributed by atoms with Crippen molar-refractivity contribution in [3.05, 3.63) is 109 Å². The van der Waals surface area contributed by atoms with Crippen molar-refractivity contribution in [2.24, 2.45) is 0 Å². The van der Waals surface area contributed by atoms with Crippen LogP contribution in [0, 0.1) is 0 Å². The standard InChI is InChI=1S/C57H88O12/c1-4-7-10-13-16-19-22-24-25-27-29-31-34-37-40-43-49(58)65-46-48(67-50(59)44-41-38-35-33-30-26-23-20-17-14-11-8-5-2)47-66-57-55(53(62)52(61)54(69-57)56(63)64)68-51(60)45-42-39-36-32-28-21-18-15-12-9-6-3/h7-8,10-11,15-20,24-26,29-31,35,38,48,52-55,57,61-62H,4-6,9,12-14,21-23,27-28,32-34,36-37,39-47H2,1-3H3,(H,63,64)/b10-7-,11-8-,18-15-,19-16-,20-17-,25-24-,30-26-,31-29-,38-35-. The van der Waals surface area contributed by atoms with Crippen LogP contribution >= 0.6 is 0 Å². The number of hydrogen-bond acceptors (Lipinski definition) is 11. The van der Waals surface area contributed by atoms with Crippen LogP contribution < -0.4 is 0 Å². The Balaban J connectivity index is 2.82. The third-order valence-electron chi connectivity index (χ3n) is 10.8. The van der Waals surface area contributed by atoms with Gasteiger partial charge in [0.1, 0.15) is 18.8 Å². The molecule has 12 heteroatoms. The lowest BCUT2D eigenvalue weighted by Crippen LogP contribution is -2.61. The molecule has 0 radical (unpaired) electrons. The first-order valence-corrected chi connectivity index (χ1v) is 25.9. The molecule has 0 aromatic heterocycles. The predicted molar refractivity (Wildman–Crippen MR) is 275 cm³/mol. The van der Waals surface area contributed by atoms with Crippen LogP contribution in [0.25, 0.3) is 0 Å². The number of carboxylic acid groups (broad SMARTS) is 1. The van der Waals surface area contributed by atoms with Gasteiger partial charge in [0.25, 0.3) is 0 Å². The van der Waals surface area contributed by atoms with Crippen LogP contribution in [0.5, 0.6) is 0 Å². The molecule has 388 valence electrons. The molecule has 1 heterocycles. The van der Waals surface area contributed by atoms with Crippen molar-refractivity contribution in [1.29, 1.82) is 0 Å². The predicted octanol–water partition coefficient (Wildman–Crippen LogP) is 12.3. The molecule has 0 saturated carbocycles. The first kappa shape index (κ1) is 62.4. The van der Waals surface area contributed by atoms with Crippen LogP contribution in [0.4, 0.5) is 0 Å². The number of aliphatic hydroxyl groups excluding tert-OH is 2. The van der Waals surface area contributed by atoms with Gasteiger partial charge in [0.05, 0.1) is 6.61 Å². The molecule has 1 rings (SSSR count). The van der Waals surface area contributed by atoms with Crippen LogP contribution in [-0.2, 0) is 42.9 Å². The lowest BCUT2D eigenvalue weighted by Gasteiger charge is -2.40. The molecule has 1 fully saturated rings. The maximum absolute atomic E-state index is 13.0. The van der Waals surface area contributed by atoms with Crippen molar-refractivity contribution < 1.29 is 58.2 Å². The maximum atomic E-state index is 13.0. The van der Waals surface area contributed by atoms with Crippen molar-refractivity contribution in [2.75, 3.05) is 13.2 Å². The van der Waals surface area contributed by atoms with Gasteiger partial charge >= 0.3 is 23.9 Å². The number of rotatable bonds is 41. The molecule has 12 nitrogen and oxygen atoms in total. The minimum atomic E-state index is -1.92. The van der Waals surface area contributed by atoms with Gasteiger partial charge in [-0.3, -0.25) is 14.4 Å². The second-order valence-electron chi connectivity index (χ2n) is 17.0. The zero-order chi connectivity index (χ0) is 50.4. The van der Waals surface area contributed by atoms with Crippen LogP contribution in [-0.4, -0.2) is 89.2 Å². The van der Waals surface area contributed by atoms with E-state index in [9.17, 15) is 34.5 Å². The number of aliphatic carboxylic acids is 1. The summed E-state index contributed by atoms with van der Waals surface area (Å²) in [4.78, 5) is 50.8. The van der Waals surface area contributed by atoms with Gasteiger partial charge in [0.15, 0.2) is 24.6 Å². The number of carboxylic acids is 1. The SMILES string of the molecule is CC/C=C\C/C=C\C/C=C\C/C=C\CCCCC(=O)OCC(COC1OC(C(=O)O)C(O)C(O)C1OC(=O)CCCCCCC/C=C\CCCC)OC(=O)CC/C=C\C/C=C\C/C=C\C/C=C\CC. The normalized spacial score (nSPS) is 19.6. The highest BCUT2D eigenvalue weighted by molar-refractivity contribution is 5.74. The Morgan fingerprint density at radius 3 is 1.49 bits per heavy atom. The van der Waals surface area contributed by atoms with Crippen LogP contribution in [0.1, 0.15) is 175 Å². The summed E-state index contributed by atoms with van der Waals surface area (Å²) in [6, 6.07) is 0. The molecule has 0 spiro atoms. The third kappa shape index (κ3) is 35.2. The van der Waals surface area contributed by atoms with Crippen molar-refractivity contribution >= 4 is 23.9 Å². The Morgan fingerprint density at radius 2 is 0.942 bits per heavy atom. The van der Waals surface area contributed by atoms with Gasteiger partial charge in [0.2, 0.25) is 0 Å². The minimum absolute atomic E-state index is 0.0260. The molecule has 3 N–H and O–H groups in total. The largest absolute Gasteiger partial charge is 0.479 e. The van der Waals surface area contributed by atoms with E-state index in [0.29, 0.717) is 25.7 Å². The molecule has 0 bridgehead atoms. The number of carbonyl (C=O) groups is 4. The lowest BCUT2D eigenvalue weighted by molar-refractivity contribution is -0.301. The molecule has 0 amide bonds. The topological polar surface area (TPSA) is 175 Å². The maximum Gasteiger partial charge on any atom is 0.335 e. The van der Waals surface area contributed by atoms with E-state index in [4.69, 9.17) is 23.7 Å². The number of aliphatic hydroxyl groups is 2. The van der Waals surface area contributed by atoms with Crippen molar-refractivity contribution in [1.82, 2.24) is 0 Å². The summed E-state index contributed by atoms with van der Waals surface area (Å²) >= 11 is 0. The molecular weight excluding hydrogens is 877 g/mol. The fourth-order valence-electron chi connectivity index (χ4n) is 6.88. The summed E-state index contributed by atoms with van der Waals surface area (Å²) in [5.74, 6) is -3.32. The molecule has 6 atom stereocenters. The van der Waals surface area contributed by atoms with Crippen LogP contribution in [0.15, 0.2) is 109 Å². The number of allylic oxidation sites excluding steroid dienone is 18. The fraction of sp³-hybridized carbons (Fsp3) is 0.614. The molecule has 1 aliphatic heterocycles. The van der Waals surface area contributed by atoms with Crippen LogP contribution in [0.2, 0.25) is 0 Å². The third-order valence-corrected chi connectivity index (χ3v) is 10.8. The Bertz CT molecular complexity index is 1620. The Hall–Kier alpha value is -4.62. The molecular formula is C57H88O12. The van der Waals surface area contributed by atoms with E-state index in [-0.39, 0.29) is 25.9 Å². The fourth-order valence-corrected chi connectivity index (χ4v) is 6.88. The number of hydrogen-bond donors (Lipinski definition) is 3. The van der Waals surface area contributed by atoms with Crippen molar-refractivity contribution in [3.63, 3.8) is 0 Å². The zero-order valence-corrected chi connectivity index (χ0v) is 42.3. The van der Waals surface area contributed by atoms with Crippen LogP contribution in [0.3, 0.4) is 0 Å². The van der Waals surface area contributed by atoms with Gasteiger partial charge in [-0.05, 0) is 103 Å². The summed E-state index contributed by atoms with van der Waals surface area (Å²) in [5, 5.41) is 31.3. The van der Waals surface area contributed by atoms with E-state index in [1.807, 2.05) is 18.2 Å². The second kappa shape index (κ2) is 44.6.